The molecule has 0 aliphatic heterocycles. The van der Waals surface area contributed by atoms with E-state index in [1.807, 2.05) is 13.0 Å². The first-order valence-corrected chi connectivity index (χ1v) is 7.31. The summed E-state index contributed by atoms with van der Waals surface area (Å²) in [6.45, 7) is 3.62. The molecule has 3 rings (SSSR count). The Morgan fingerprint density at radius 2 is 1.88 bits per heavy atom. The first-order chi connectivity index (χ1) is 11.5. The molecule has 0 bridgehead atoms. The number of nitrogens with two attached hydrogens (primary N) is 1. The summed E-state index contributed by atoms with van der Waals surface area (Å²) < 4.78 is 0. The van der Waals surface area contributed by atoms with E-state index in [2.05, 4.69) is 17.1 Å². The lowest BCUT2D eigenvalue weighted by atomic mass is 9.95. The SMILES string of the molecule is CC1=C(C#N)c2nc(N)c(C#N)c(C)c2/C1=C\c1ccccc1O. The summed E-state index contributed by atoms with van der Waals surface area (Å²) in [7, 11) is 0. The Labute approximate surface area is 139 Å². The van der Waals surface area contributed by atoms with Gasteiger partial charge < -0.3 is 10.8 Å². The maximum absolute atomic E-state index is 10.0. The fraction of sp³-hybridized carbons (Fsp3) is 0.105. The monoisotopic (exact) mass is 314 g/mol. The van der Waals surface area contributed by atoms with Crippen molar-refractivity contribution in [3.8, 4) is 17.9 Å². The molecule has 5 heteroatoms. The molecule has 0 saturated heterocycles. The van der Waals surface area contributed by atoms with Gasteiger partial charge in [-0.1, -0.05) is 18.2 Å². The molecular weight excluding hydrogens is 300 g/mol. The number of fused-ring (bicyclic) bond motifs is 1. The van der Waals surface area contributed by atoms with Gasteiger partial charge in [0.1, 0.15) is 23.7 Å². The third kappa shape index (κ3) is 2.12. The van der Waals surface area contributed by atoms with Crippen molar-refractivity contribution in [3.05, 3.63) is 57.8 Å². The minimum atomic E-state index is 0.123. The van der Waals surface area contributed by atoms with Crippen LogP contribution in [0.1, 0.15) is 34.9 Å². The van der Waals surface area contributed by atoms with Gasteiger partial charge in [0.25, 0.3) is 0 Å². The standard InChI is InChI=1S/C19H14N4O/c1-10-13(7-12-5-3-4-6-16(12)24)17-11(2)15(9-21)19(22)23-18(17)14(10)8-20/h3-7,24H,1-2H3,(H2,22,23)/b13-7-. The van der Waals surface area contributed by atoms with Crippen molar-refractivity contribution in [1.82, 2.24) is 4.98 Å². The van der Waals surface area contributed by atoms with Crippen LogP contribution in [-0.4, -0.2) is 10.1 Å². The van der Waals surface area contributed by atoms with Crippen LogP contribution >= 0.6 is 0 Å². The van der Waals surface area contributed by atoms with E-state index in [0.29, 0.717) is 28.0 Å². The molecule has 0 radical (unpaired) electrons. The Morgan fingerprint density at radius 1 is 1.17 bits per heavy atom. The molecule has 0 saturated carbocycles. The zero-order valence-electron chi connectivity index (χ0n) is 13.3. The van der Waals surface area contributed by atoms with Crippen molar-refractivity contribution < 1.29 is 5.11 Å². The summed E-state index contributed by atoms with van der Waals surface area (Å²) in [6.07, 6.45) is 1.81. The number of anilines is 1. The van der Waals surface area contributed by atoms with Crippen molar-refractivity contribution in [2.24, 2.45) is 0 Å². The first kappa shape index (κ1) is 15.3. The molecular formula is C19H14N4O. The maximum Gasteiger partial charge on any atom is 0.142 e. The zero-order chi connectivity index (χ0) is 17.4. The molecule has 1 aromatic carbocycles. The highest BCUT2D eigenvalue weighted by molar-refractivity contribution is 6.08. The molecule has 5 nitrogen and oxygen atoms in total. The van der Waals surface area contributed by atoms with Crippen LogP contribution in [0, 0.1) is 29.6 Å². The minimum Gasteiger partial charge on any atom is -0.507 e. The van der Waals surface area contributed by atoms with Gasteiger partial charge >= 0.3 is 0 Å². The van der Waals surface area contributed by atoms with Gasteiger partial charge in [-0.25, -0.2) is 4.98 Å². The van der Waals surface area contributed by atoms with E-state index in [4.69, 9.17) is 5.73 Å². The molecule has 1 heterocycles. The van der Waals surface area contributed by atoms with Gasteiger partial charge in [-0.3, -0.25) is 0 Å². The number of nitriles is 2. The Kier molecular flexibility index (Phi) is 3.56. The second-order valence-electron chi connectivity index (χ2n) is 5.56. The Morgan fingerprint density at radius 3 is 2.50 bits per heavy atom. The number of hydrogen-bond acceptors (Lipinski definition) is 5. The summed E-state index contributed by atoms with van der Waals surface area (Å²) in [5, 5.41) is 28.9. The number of nitrogen functional groups attached to an aromatic ring is 1. The highest BCUT2D eigenvalue weighted by Crippen LogP contribution is 2.44. The summed E-state index contributed by atoms with van der Waals surface area (Å²) in [6, 6.07) is 11.2. The van der Waals surface area contributed by atoms with Gasteiger partial charge in [0, 0.05) is 11.1 Å². The Balaban J connectivity index is 2.36. The lowest BCUT2D eigenvalue weighted by Gasteiger charge is -2.11. The van der Waals surface area contributed by atoms with Crippen molar-refractivity contribution >= 4 is 23.0 Å². The van der Waals surface area contributed by atoms with E-state index >= 15 is 0 Å². The lowest BCUT2D eigenvalue weighted by Crippen LogP contribution is -2.03. The number of hydrogen-bond donors (Lipinski definition) is 2. The quantitative estimate of drug-likeness (QED) is 0.839. The fourth-order valence-electron chi connectivity index (χ4n) is 2.96. The van der Waals surface area contributed by atoms with Crippen LogP contribution in [0.5, 0.6) is 5.75 Å². The van der Waals surface area contributed by atoms with E-state index < -0.39 is 0 Å². The predicted molar refractivity (Wildman–Crippen MR) is 92.3 cm³/mol. The van der Waals surface area contributed by atoms with Gasteiger partial charge in [-0.2, -0.15) is 10.5 Å². The number of rotatable bonds is 1. The summed E-state index contributed by atoms with van der Waals surface area (Å²) >= 11 is 0. The predicted octanol–water partition coefficient (Wildman–Crippen LogP) is 3.40. The molecule has 116 valence electrons. The number of aromatic nitrogens is 1. The summed E-state index contributed by atoms with van der Waals surface area (Å²) in [5.74, 6) is 0.268. The molecule has 0 atom stereocenters. The molecule has 3 N–H and O–H groups in total. The minimum absolute atomic E-state index is 0.123. The smallest absolute Gasteiger partial charge is 0.142 e. The maximum atomic E-state index is 10.0. The van der Waals surface area contributed by atoms with Gasteiger partial charge in [-0.05, 0) is 42.7 Å². The van der Waals surface area contributed by atoms with Gasteiger partial charge in [0.2, 0.25) is 0 Å². The molecule has 0 fully saturated rings. The highest BCUT2D eigenvalue weighted by Gasteiger charge is 2.29. The molecule has 2 aromatic rings. The average Bonchev–Trinajstić information content (AvgIpc) is 2.81. The van der Waals surface area contributed by atoms with Crippen LogP contribution in [0.2, 0.25) is 0 Å². The number of nitrogens with zero attached hydrogens (tertiary/aromatic N) is 3. The van der Waals surface area contributed by atoms with Crippen LogP contribution < -0.4 is 5.73 Å². The summed E-state index contributed by atoms with van der Waals surface area (Å²) in [5.41, 5.74) is 10.7. The number of allylic oxidation sites excluding steroid dienone is 3. The topological polar surface area (TPSA) is 107 Å². The number of benzene rings is 1. The normalized spacial score (nSPS) is 14.4. The van der Waals surface area contributed by atoms with E-state index in [1.165, 1.54) is 0 Å². The molecule has 1 aromatic heterocycles. The third-order valence-electron chi connectivity index (χ3n) is 4.22. The molecule has 1 aliphatic rings. The van der Waals surface area contributed by atoms with Crippen LogP contribution in [0.3, 0.4) is 0 Å². The second-order valence-corrected chi connectivity index (χ2v) is 5.56. The highest BCUT2D eigenvalue weighted by atomic mass is 16.3. The van der Waals surface area contributed by atoms with Crippen LogP contribution in [0.25, 0.3) is 17.2 Å². The van der Waals surface area contributed by atoms with Crippen LogP contribution in [-0.2, 0) is 0 Å². The molecule has 0 spiro atoms. The van der Waals surface area contributed by atoms with Crippen LogP contribution in [0.4, 0.5) is 5.82 Å². The van der Waals surface area contributed by atoms with Gasteiger partial charge in [0.15, 0.2) is 0 Å². The third-order valence-corrected chi connectivity index (χ3v) is 4.22. The number of phenols is 1. The van der Waals surface area contributed by atoms with Gasteiger partial charge in [-0.15, -0.1) is 0 Å². The van der Waals surface area contributed by atoms with E-state index in [9.17, 15) is 15.6 Å². The average molecular weight is 314 g/mol. The first-order valence-electron chi connectivity index (χ1n) is 7.31. The Bertz CT molecular complexity index is 1020. The number of para-hydroxylation sites is 1. The van der Waals surface area contributed by atoms with E-state index in [1.54, 1.807) is 31.2 Å². The van der Waals surface area contributed by atoms with Gasteiger partial charge in [0.05, 0.1) is 16.8 Å². The number of aromatic hydroxyl groups is 1. The Hall–Kier alpha value is -3.57. The molecule has 1 aliphatic carbocycles. The summed E-state index contributed by atoms with van der Waals surface area (Å²) in [4.78, 5) is 4.27. The van der Waals surface area contributed by atoms with Crippen molar-refractivity contribution in [3.63, 3.8) is 0 Å². The number of phenolic OH excluding ortho intramolecular Hbond substituents is 1. The van der Waals surface area contributed by atoms with Crippen molar-refractivity contribution in [2.75, 3.05) is 5.73 Å². The largest absolute Gasteiger partial charge is 0.507 e. The van der Waals surface area contributed by atoms with E-state index in [0.717, 1.165) is 16.7 Å². The van der Waals surface area contributed by atoms with Crippen LogP contribution in [0.15, 0.2) is 29.8 Å². The van der Waals surface area contributed by atoms with Crippen molar-refractivity contribution in [1.29, 1.82) is 10.5 Å². The molecule has 0 unspecified atom stereocenters. The second kappa shape index (κ2) is 5.57. The van der Waals surface area contributed by atoms with E-state index in [-0.39, 0.29) is 11.6 Å². The molecule has 0 amide bonds. The zero-order valence-corrected chi connectivity index (χ0v) is 13.3. The number of pyridine rings is 1. The van der Waals surface area contributed by atoms with Crippen molar-refractivity contribution in [2.45, 2.75) is 13.8 Å². The molecule has 24 heavy (non-hydrogen) atoms. The lowest BCUT2D eigenvalue weighted by molar-refractivity contribution is 0.474. The fourth-order valence-corrected chi connectivity index (χ4v) is 2.96.